The highest BCUT2D eigenvalue weighted by Gasteiger charge is 2.33. The Morgan fingerprint density at radius 2 is 1.92 bits per heavy atom. The fraction of sp³-hybridized carbons (Fsp3) is 0.412. The summed E-state index contributed by atoms with van der Waals surface area (Å²) >= 11 is 0. The fourth-order valence-corrected chi connectivity index (χ4v) is 2.83. The zero-order valence-corrected chi connectivity index (χ0v) is 13.5. The summed E-state index contributed by atoms with van der Waals surface area (Å²) in [5.74, 6) is 0. The van der Waals surface area contributed by atoms with E-state index in [0.717, 1.165) is 19.2 Å². The van der Waals surface area contributed by atoms with Crippen molar-refractivity contribution >= 4 is 0 Å². The summed E-state index contributed by atoms with van der Waals surface area (Å²) in [6.07, 6.45) is -4.13. The molecule has 0 unspecified atom stereocenters. The van der Waals surface area contributed by atoms with Crippen molar-refractivity contribution in [3.63, 3.8) is 0 Å². The van der Waals surface area contributed by atoms with Crippen LogP contribution in [0.25, 0.3) is 11.3 Å². The van der Waals surface area contributed by atoms with Crippen LogP contribution in [-0.2, 0) is 17.3 Å². The number of benzene rings is 1. The Hall–Kier alpha value is -2.19. The molecule has 0 saturated carbocycles. The standard InChI is InChI=1S/C17H18F3N3O2/c18-17(19,20)14-11-13(15-3-4-16(24)22-21-15)2-1-12(14)5-6-23-7-9-25-10-8-23/h1-4,11H,5-10H2,(H,22,24). The molecule has 1 aromatic heterocycles. The van der Waals surface area contributed by atoms with Gasteiger partial charge in [0.2, 0.25) is 0 Å². The molecule has 0 bridgehead atoms. The molecule has 1 aromatic carbocycles. The summed E-state index contributed by atoms with van der Waals surface area (Å²) in [6, 6.07) is 6.83. The molecule has 1 saturated heterocycles. The van der Waals surface area contributed by atoms with Gasteiger partial charge in [0.05, 0.1) is 24.5 Å². The highest BCUT2D eigenvalue weighted by Crippen LogP contribution is 2.34. The van der Waals surface area contributed by atoms with Gasteiger partial charge in [-0.05, 0) is 24.1 Å². The molecule has 8 heteroatoms. The number of ether oxygens (including phenoxy) is 1. The average molecular weight is 353 g/mol. The van der Waals surface area contributed by atoms with E-state index in [4.69, 9.17) is 4.74 Å². The van der Waals surface area contributed by atoms with Crippen molar-refractivity contribution in [3.8, 4) is 11.3 Å². The van der Waals surface area contributed by atoms with E-state index in [1.807, 2.05) is 0 Å². The third-order valence-corrected chi connectivity index (χ3v) is 4.19. The minimum Gasteiger partial charge on any atom is -0.379 e. The van der Waals surface area contributed by atoms with Gasteiger partial charge in [-0.15, -0.1) is 0 Å². The maximum atomic E-state index is 13.5. The second-order valence-electron chi connectivity index (χ2n) is 5.88. The van der Waals surface area contributed by atoms with Crippen molar-refractivity contribution in [2.24, 2.45) is 0 Å². The maximum Gasteiger partial charge on any atom is 0.416 e. The first kappa shape index (κ1) is 17.6. The number of aromatic amines is 1. The monoisotopic (exact) mass is 353 g/mol. The van der Waals surface area contributed by atoms with Gasteiger partial charge in [-0.25, -0.2) is 5.10 Å². The second kappa shape index (κ2) is 7.37. The molecule has 0 atom stereocenters. The molecule has 1 aliphatic rings. The van der Waals surface area contributed by atoms with Crippen LogP contribution in [0.4, 0.5) is 13.2 Å². The van der Waals surface area contributed by atoms with Crippen molar-refractivity contribution in [1.29, 1.82) is 0 Å². The number of rotatable bonds is 4. The van der Waals surface area contributed by atoms with Gasteiger partial charge < -0.3 is 4.74 Å². The SMILES string of the molecule is O=c1ccc(-c2ccc(CCN3CCOCC3)c(C(F)(F)F)c2)n[nH]1. The van der Waals surface area contributed by atoms with Crippen molar-refractivity contribution in [2.45, 2.75) is 12.6 Å². The summed E-state index contributed by atoms with van der Waals surface area (Å²) in [5.41, 5.74) is -0.191. The van der Waals surface area contributed by atoms with E-state index in [9.17, 15) is 18.0 Å². The van der Waals surface area contributed by atoms with Gasteiger partial charge in [-0.2, -0.15) is 18.3 Å². The van der Waals surface area contributed by atoms with Gasteiger partial charge >= 0.3 is 6.18 Å². The van der Waals surface area contributed by atoms with Crippen LogP contribution >= 0.6 is 0 Å². The highest BCUT2D eigenvalue weighted by atomic mass is 19.4. The molecular weight excluding hydrogens is 335 g/mol. The lowest BCUT2D eigenvalue weighted by molar-refractivity contribution is -0.138. The first-order valence-electron chi connectivity index (χ1n) is 8.00. The lowest BCUT2D eigenvalue weighted by atomic mass is 9.99. The number of nitrogens with zero attached hydrogens (tertiary/aromatic N) is 2. The molecule has 2 heterocycles. The van der Waals surface area contributed by atoms with E-state index < -0.39 is 17.3 Å². The van der Waals surface area contributed by atoms with Crippen LogP contribution in [0.2, 0.25) is 0 Å². The first-order chi connectivity index (χ1) is 11.9. The molecule has 1 fully saturated rings. The van der Waals surface area contributed by atoms with Crippen LogP contribution in [0.15, 0.2) is 35.1 Å². The molecule has 0 radical (unpaired) electrons. The molecular formula is C17H18F3N3O2. The van der Waals surface area contributed by atoms with Gasteiger partial charge in [0, 0.05) is 31.3 Å². The number of hydrogen-bond donors (Lipinski definition) is 1. The molecule has 3 rings (SSSR count). The number of nitrogens with one attached hydrogen (secondary N) is 1. The first-order valence-corrected chi connectivity index (χ1v) is 8.00. The summed E-state index contributed by atoms with van der Waals surface area (Å²) in [6.45, 7) is 3.26. The van der Waals surface area contributed by atoms with Crippen molar-refractivity contribution in [1.82, 2.24) is 15.1 Å². The average Bonchev–Trinajstić information content (AvgIpc) is 2.61. The fourth-order valence-electron chi connectivity index (χ4n) is 2.83. The van der Waals surface area contributed by atoms with Crippen LogP contribution in [0.5, 0.6) is 0 Å². The number of halogens is 3. The molecule has 0 spiro atoms. The zero-order chi connectivity index (χ0) is 17.9. The number of H-pyrrole nitrogens is 1. The number of morpholine rings is 1. The molecule has 1 aliphatic heterocycles. The van der Waals surface area contributed by atoms with Crippen molar-refractivity contribution < 1.29 is 17.9 Å². The van der Waals surface area contributed by atoms with Gasteiger partial charge in [-0.3, -0.25) is 9.69 Å². The van der Waals surface area contributed by atoms with Gasteiger partial charge in [0.1, 0.15) is 0 Å². The van der Waals surface area contributed by atoms with E-state index in [2.05, 4.69) is 15.1 Å². The Morgan fingerprint density at radius 1 is 1.16 bits per heavy atom. The summed E-state index contributed by atoms with van der Waals surface area (Å²) in [5, 5.41) is 6.03. The topological polar surface area (TPSA) is 58.2 Å². The van der Waals surface area contributed by atoms with Crippen molar-refractivity contribution in [3.05, 3.63) is 51.8 Å². The Balaban J connectivity index is 1.84. The van der Waals surface area contributed by atoms with Crippen LogP contribution in [0.1, 0.15) is 11.1 Å². The molecule has 0 aliphatic carbocycles. The summed E-state index contributed by atoms with van der Waals surface area (Å²) in [7, 11) is 0. The molecule has 25 heavy (non-hydrogen) atoms. The maximum absolute atomic E-state index is 13.5. The third-order valence-electron chi connectivity index (χ3n) is 4.19. The Kier molecular flexibility index (Phi) is 5.19. The highest BCUT2D eigenvalue weighted by molar-refractivity contribution is 5.60. The van der Waals surface area contributed by atoms with E-state index in [0.29, 0.717) is 37.4 Å². The molecule has 134 valence electrons. The quantitative estimate of drug-likeness (QED) is 0.917. The largest absolute Gasteiger partial charge is 0.416 e. The van der Waals surface area contributed by atoms with Crippen LogP contribution < -0.4 is 5.56 Å². The number of aromatic nitrogens is 2. The number of alkyl halides is 3. The smallest absolute Gasteiger partial charge is 0.379 e. The molecule has 2 aromatic rings. The minimum absolute atomic E-state index is 0.257. The summed E-state index contributed by atoms with van der Waals surface area (Å²) in [4.78, 5) is 13.2. The van der Waals surface area contributed by atoms with Gasteiger partial charge in [0.15, 0.2) is 0 Å². The summed E-state index contributed by atoms with van der Waals surface area (Å²) < 4.78 is 45.6. The lowest BCUT2D eigenvalue weighted by Gasteiger charge is -2.27. The van der Waals surface area contributed by atoms with Crippen molar-refractivity contribution in [2.75, 3.05) is 32.8 Å². The zero-order valence-electron chi connectivity index (χ0n) is 13.5. The second-order valence-corrected chi connectivity index (χ2v) is 5.88. The van der Waals surface area contributed by atoms with Crippen LogP contribution in [-0.4, -0.2) is 47.9 Å². The van der Waals surface area contributed by atoms with Crippen LogP contribution in [0.3, 0.4) is 0 Å². The van der Waals surface area contributed by atoms with Gasteiger partial charge in [-0.1, -0.05) is 12.1 Å². The molecule has 5 nitrogen and oxygen atoms in total. The van der Waals surface area contributed by atoms with Crippen LogP contribution in [0, 0.1) is 0 Å². The van der Waals surface area contributed by atoms with E-state index in [1.165, 1.54) is 18.2 Å². The Bertz CT molecular complexity index is 763. The van der Waals surface area contributed by atoms with E-state index in [1.54, 1.807) is 6.07 Å². The lowest BCUT2D eigenvalue weighted by Crippen LogP contribution is -2.37. The Labute approximate surface area is 142 Å². The minimum atomic E-state index is -4.45. The number of hydrogen-bond acceptors (Lipinski definition) is 4. The Morgan fingerprint density at radius 3 is 2.56 bits per heavy atom. The third kappa shape index (κ3) is 4.46. The molecule has 1 N–H and O–H groups in total. The molecule has 0 amide bonds. The normalized spacial score (nSPS) is 16.1. The predicted molar refractivity (Wildman–Crippen MR) is 86.3 cm³/mol. The van der Waals surface area contributed by atoms with E-state index >= 15 is 0 Å². The van der Waals surface area contributed by atoms with Gasteiger partial charge in [0.25, 0.3) is 5.56 Å². The predicted octanol–water partition coefficient (Wildman–Crippen LogP) is 2.33. The van der Waals surface area contributed by atoms with E-state index in [-0.39, 0.29) is 5.56 Å².